The lowest BCUT2D eigenvalue weighted by Crippen LogP contribution is -1.81. The van der Waals surface area contributed by atoms with Gasteiger partial charge in [0.05, 0.1) is 0 Å². The predicted molar refractivity (Wildman–Crippen MR) is 46.1 cm³/mol. The Hall–Kier alpha value is -0.590. The van der Waals surface area contributed by atoms with E-state index in [4.69, 9.17) is 0 Å². The van der Waals surface area contributed by atoms with Crippen LogP contribution in [0.1, 0.15) is 44.9 Å². The zero-order chi connectivity index (χ0) is 7.94. The van der Waals surface area contributed by atoms with Crippen molar-refractivity contribution in [3.63, 3.8) is 0 Å². The van der Waals surface area contributed by atoms with Gasteiger partial charge in [0.1, 0.15) is 0 Å². The molecule has 0 atom stereocenters. The van der Waals surface area contributed by atoms with Gasteiger partial charge in [0.2, 0.25) is 6.29 Å². The molecule has 0 aromatic heterocycles. The average molecular weight is 151 g/mol. The van der Waals surface area contributed by atoms with Crippen molar-refractivity contribution in [3.8, 4) is 0 Å². The molecule has 1 rings (SSSR count). The number of allylic oxidation sites excluding steroid dienone is 2. The van der Waals surface area contributed by atoms with Crippen molar-refractivity contribution < 1.29 is 4.79 Å². The minimum Gasteiger partial charge on any atom is -0.291 e. The summed E-state index contributed by atoms with van der Waals surface area (Å²) in [7, 11) is 0. The van der Waals surface area contributed by atoms with E-state index in [1.807, 2.05) is 6.29 Å². The van der Waals surface area contributed by atoms with Gasteiger partial charge in [-0.05, 0) is 25.7 Å². The van der Waals surface area contributed by atoms with Crippen LogP contribution >= 0.6 is 0 Å². The van der Waals surface area contributed by atoms with Gasteiger partial charge in [-0.15, -0.1) is 0 Å². The lowest BCUT2D eigenvalue weighted by atomic mass is 10.1. The largest absolute Gasteiger partial charge is 0.291 e. The summed E-state index contributed by atoms with van der Waals surface area (Å²) in [6, 6.07) is 0. The van der Waals surface area contributed by atoms with Gasteiger partial charge in [-0.2, -0.15) is 0 Å². The van der Waals surface area contributed by atoms with Crippen LogP contribution in [0, 0.1) is 0 Å². The number of carbonyl (C=O) groups excluding carboxylic acids is 1. The maximum atomic E-state index is 9.96. The van der Waals surface area contributed by atoms with Crippen LogP contribution in [-0.4, -0.2) is 6.29 Å². The summed E-state index contributed by atoms with van der Waals surface area (Å²) < 4.78 is 0. The van der Waals surface area contributed by atoms with Crippen LogP contribution in [0.3, 0.4) is 0 Å². The number of hydrogen-bond acceptors (Lipinski definition) is 1. The van der Waals surface area contributed by atoms with E-state index >= 15 is 0 Å². The molecule has 0 saturated heterocycles. The van der Waals surface area contributed by atoms with Gasteiger partial charge in [-0.3, -0.25) is 4.79 Å². The predicted octanol–water partition coefficient (Wildman–Crippen LogP) is 2.77. The first-order chi connectivity index (χ1) is 5.43. The van der Waals surface area contributed by atoms with E-state index in [0.717, 1.165) is 0 Å². The Balaban J connectivity index is 2.35. The summed E-state index contributed by atoms with van der Waals surface area (Å²) in [6.07, 6.45) is 12.2. The molecule has 1 saturated carbocycles. The van der Waals surface area contributed by atoms with Gasteiger partial charge in [0.25, 0.3) is 0 Å². The third-order valence-corrected chi connectivity index (χ3v) is 2.22. The summed E-state index contributed by atoms with van der Waals surface area (Å²) in [5, 5.41) is 0. The Kier molecular flexibility index (Phi) is 3.95. The zero-order valence-corrected chi connectivity index (χ0v) is 6.94. The minimum atomic E-state index is 0.495. The van der Waals surface area contributed by atoms with Crippen molar-refractivity contribution in [2.24, 2.45) is 0 Å². The molecule has 1 heteroatoms. The summed E-state index contributed by atoms with van der Waals surface area (Å²) in [5.41, 5.74) is 1.48. The highest BCUT2D eigenvalue weighted by Gasteiger charge is 2.02. The third-order valence-electron chi connectivity index (χ3n) is 2.22. The molecule has 1 nitrogen and oxygen atoms in total. The quantitative estimate of drug-likeness (QED) is 0.438. The first-order valence-electron chi connectivity index (χ1n) is 4.46. The monoisotopic (exact) mass is 151 g/mol. The maximum Gasteiger partial charge on any atom is 0.202 e. The molecular weight excluding hydrogens is 136 g/mol. The van der Waals surface area contributed by atoms with Crippen LogP contribution < -0.4 is 0 Å². The van der Waals surface area contributed by atoms with Crippen molar-refractivity contribution in [2.75, 3.05) is 0 Å². The van der Waals surface area contributed by atoms with Crippen LogP contribution in [0.15, 0.2) is 11.6 Å². The van der Waals surface area contributed by atoms with E-state index in [9.17, 15) is 4.79 Å². The number of rotatable bonds is 2. The molecule has 1 aliphatic rings. The lowest BCUT2D eigenvalue weighted by molar-refractivity contribution is 0.556. The van der Waals surface area contributed by atoms with E-state index in [2.05, 4.69) is 6.08 Å². The molecule has 11 heavy (non-hydrogen) atoms. The molecule has 1 radical (unpaired) electrons. The van der Waals surface area contributed by atoms with Crippen molar-refractivity contribution in [3.05, 3.63) is 11.6 Å². The normalized spacial score (nSPS) is 19.1. The van der Waals surface area contributed by atoms with Crippen LogP contribution in [0.2, 0.25) is 0 Å². The molecule has 0 aromatic rings. The Bertz CT molecular complexity index is 137. The van der Waals surface area contributed by atoms with Crippen molar-refractivity contribution in [1.82, 2.24) is 0 Å². The summed E-state index contributed by atoms with van der Waals surface area (Å²) in [6.45, 7) is 0. The molecule has 61 valence electrons. The van der Waals surface area contributed by atoms with Gasteiger partial charge in [-0.1, -0.05) is 24.5 Å². The average Bonchev–Trinajstić information content (AvgIpc) is 2.28. The van der Waals surface area contributed by atoms with Gasteiger partial charge >= 0.3 is 0 Å². The Morgan fingerprint density at radius 3 is 2.36 bits per heavy atom. The minimum absolute atomic E-state index is 0.495. The molecule has 0 unspecified atom stereocenters. The zero-order valence-electron chi connectivity index (χ0n) is 6.94. The molecule has 0 heterocycles. The molecule has 1 fully saturated rings. The molecule has 0 aliphatic heterocycles. The molecular formula is C10H15O. The highest BCUT2D eigenvalue weighted by Crippen LogP contribution is 2.21. The Labute approximate surface area is 68.5 Å². The van der Waals surface area contributed by atoms with Crippen LogP contribution in [-0.2, 0) is 4.79 Å². The second-order valence-electron chi connectivity index (χ2n) is 3.13. The van der Waals surface area contributed by atoms with Gasteiger partial charge in [0, 0.05) is 6.42 Å². The first-order valence-corrected chi connectivity index (χ1v) is 4.46. The summed E-state index contributed by atoms with van der Waals surface area (Å²) in [5.74, 6) is 0. The van der Waals surface area contributed by atoms with E-state index in [1.54, 1.807) is 0 Å². The highest BCUT2D eigenvalue weighted by molar-refractivity contribution is 5.53. The van der Waals surface area contributed by atoms with E-state index in [-0.39, 0.29) is 0 Å². The van der Waals surface area contributed by atoms with E-state index in [1.165, 1.54) is 44.1 Å². The van der Waals surface area contributed by atoms with Crippen LogP contribution in [0.25, 0.3) is 0 Å². The first kappa shape index (κ1) is 8.51. The molecule has 0 spiro atoms. The highest BCUT2D eigenvalue weighted by atomic mass is 16.1. The van der Waals surface area contributed by atoms with Crippen LogP contribution in [0.5, 0.6) is 0 Å². The second-order valence-corrected chi connectivity index (χ2v) is 3.13. The fourth-order valence-electron chi connectivity index (χ4n) is 1.57. The second kappa shape index (κ2) is 5.11. The fourth-order valence-corrected chi connectivity index (χ4v) is 1.57. The van der Waals surface area contributed by atoms with E-state index < -0.39 is 0 Å². The van der Waals surface area contributed by atoms with Gasteiger partial charge in [-0.25, -0.2) is 0 Å². The molecule has 0 aromatic carbocycles. The SMILES string of the molecule is O=[C]CC=C1CCCCCC1. The standard InChI is InChI=1S/C10H15O/c11-9-5-8-10-6-3-1-2-4-7-10/h8H,1-7H2. The fraction of sp³-hybridized carbons (Fsp3) is 0.700. The summed E-state index contributed by atoms with van der Waals surface area (Å²) in [4.78, 5) is 9.96. The van der Waals surface area contributed by atoms with Crippen LogP contribution in [0.4, 0.5) is 0 Å². The maximum absolute atomic E-state index is 9.96. The molecule has 1 aliphatic carbocycles. The topological polar surface area (TPSA) is 17.1 Å². The van der Waals surface area contributed by atoms with Crippen molar-refractivity contribution in [1.29, 1.82) is 0 Å². The van der Waals surface area contributed by atoms with Crippen molar-refractivity contribution in [2.45, 2.75) is 44.9 Å². The smallest absolute Gasteiger partial charge is 0.202 e. The summed E-state index contributed by atoms with van der Waals surface area (Å²) >= 11 is 0. The van der Waals surface area contributed by atoms with Crippen molar-refractivity contribution >= 4 is 6.29 Å². The Morgan fingerprint density at radius 1 is 1.18 bits per heavy atom. The van der Waals surface area contributed by atoms with E-state index in [0.29, 0.717) is 6.42 Å². The third kappa shape index (κ3) is 3.35. The van der Waals surface area contributed by atoms with Gasteiger partial charge < -0.3 is 0 Å². The Morgan fingerprint density at radius 2 is 1.82 bits per heavy atom. The molecule has 0 bridgehead atoms. The number of hydrogen-bond donors (Lipinski definition) is 0. The van der Waals surface area contributed by atoms with Gasteiger partial charge in [0.15, 0.2) is 0 Å². The molecule has 0 N–H and O–H groups in total. The lowest BCUT2D eigenvalue weighted by Gasteiger charge is -1.98. The molecule has 0 amide bonds.